The number of amides is 3. The van der Waals surface area contributed by atoms with Gasteiger partial charge in [0.2, 0.25) is 11.8 Å². The number of piperidine rings is 2. The molecule has 7 nitrogen and oxygen atoms in total. The van der Waals surface area contributed by atoms with E-state index in [1.165, 1.54) is 5.56 Å². The second kappa shape index (κ2) is 8.24. The van der Waals surface area contributed by atoms with Gasteiger partial charge < -0.3 is 10.2 Å². The molecule has 3 aliphatic rings. The maximum Gasteiger partial charge on any atom is 0.255 e. The van der Waals surface area contributed by atoms with Gasteiger partial charge in [-0.15, -0.1) is 0 Å². The van der Waals surface area contributed by atoms with Gasteiger partial charge in [0.15, 0.2) is 0 Å². The number of imide groups is 1. The fraction of sp³-hybridized carbons (Fsp3) is 0.591. The lowest BCUT2D eigenvalue weighted by Crippen LogP contribution is -2.52. The van der Waals surface area contributed by atoms with Crippen LogP contribution in [-0.2, 0) is 22.7 Å². The van der Waals surface area contributed by atoms with Crippen molar-refractivity contribution in [2.45, 2.75) is 70.7 Å². The average molecular weight is 399 g/mol. The van der Waals surface area contributed by atoms with Crippen molar-refractivity contribution >= 4 is 17.7 Å². The topological polar surface area (TPSA) is 81.8 Å². The lowest BCUT2D eigenvalue weighted by atomic mass is 10.00. The molecule has 1 aromatic carbocycles. The number of nitrogens with zero attached hydrogens (tertiary/aromatic N) is 2. The lowest BCUT2D eigenvalue weighted by molar-refractivity contribution is -0.136. The average Bonchev–Trinajstić information content (AvgIpc) is 3.01. The van der Waals surface area contributed by atoms with Gasteiger partial charge in [-0.3, -0.25) is 24.6 Å². The van der Waals surface area contributed by atoms with Gasteiger partial charge in [0.05, 0.1) is 0 Å². The van der Waals surface area contributed by atoms with E-state index < -0.39 is 6.04 Å². The summed E-state index contributed by atoms with van der Waals surface area (Å²) in [5.41, 5.74) is 2.90. The Bertz CT molecular complexity index is 814. The number of likely N-dealkylation sites (tertiary alicyclic amines) is 1. The van der Waals surface area contributed by atoms with Gasteiger partial charge in [0.1, 0.15) is 6.04 Å². The van der Waals surface area contributed by atoms with E-state index in [1.807, 2.05) is 12.1 Å². The minimum Gasteiger partial charge on any atom is -0.322 e. The summed E-state index contributed by atoms with van der Waals surface area (Å²) in [5, 5.41) is 5.99. The van der Waals surface area contributed by atoms with Crippen molar-refractivity contribution in [3.8, 4) is 0 Å². The third kappa shape index (κ3) is 4.21. The molecule has 0 bridgehead atoms. The van der Waals surface area contributed by atoms with Crippen molar-refractivity contribution in [2.24, 2.45) is 0 Å². The molecule has 156 valence electrons. The first kappa shape index (κ1) is 20.0. The van der Waals surface area contributed by atoms with E-state index in [0.29, 0.717) is 30.6 Å². The Labute approximate surface area is 171 Å². The van der Waals surface area contributed by atoms with Crippen LogP contribution in [0.5, 0.6) is 0 Å². The normalized spacial score (nSPS) is 23.6. The molecule has 2 saturated heterocycles. The molecule has 2 N–H and O–H groups in total. The summed E-state index contributed by atoms with van der Waals surface area (Å²) >= 11 is 0. The first-order valence-corrected chi connectivity index (χ1v) is 10.7. The highest BCUT2D eigenvalue weighted by atomic mass is 16.2. The van der Waals surface area contributed by atoms with Gasteiger partial charge >= 0.3 is 0 Å². The maximum absolute atomic E-state index is 13.0. The second-order valence-electron chi connectivity index (χ2n) is 8.71. The number of carbonyl (C=O) groups excluding carboxylic acids is 3. The van der Waals surface area contributed by atoms with Crippen molar-refractivity contribution in [1.82, 2.24) is 20.4 Å². The van der Waals surface area contributed by atoms with Crippen LogP contribution in [-0.4, -0.2) is 58.7 Å². The van der Waals surface area contributed by atoms with Crippen molar-refractivity contribution in [1.29, 1.82) is 0 Å². The molecule has 0 radical (unpaired) electrons. The molecule has 3 amide bonds. The summed E-state index contributed by atoms with van der Waals surface area (Å²) in [7, 11) is 0. The van der Waals surface area contributed by atoms with Crippen LogP contribution in [0, 0.1) is 0 Å². The first-order valence-electron chi connectivity index (χ1n) is 10.7. The van der Waals surface area contributed by atoms with Gasteiger partial charge in [-0.25, -0.2) is 0 Å². The number of benzene rings is 1. The molecule has 0 aromatic heterocycles. The molecule has 2 fully saturated rings. The van der Waals surface area contributed by atoms with Gasteiger partial charge in [-0.1, -0.05) is 26.0 Å². The Morgan fingerprint density at radius 2 is 1.90 bits per heavy atom. The van der Waals surface area contributed by atoms with Crippen LogP contribution in [0.3, 0.4) is 0 Å². The molecule has 0 aliphatic carbocycles. The number of rotatable bonds is 5. The first-order chi connectivity index (χ1) is 13.9. The van der Waals surface area contributed by atoms with Crippen LogP contribution in [0.25, 0.3) is 0 Å². The molecule has 0 spiro atoms. The largest absolute Gasteiger partial charge is 0.322 e. The van der Waals surface area contributed by atoms with E-state index in [-0.39, 0.29) is 24.1 Å². The molecule has 1 atom stereocenters. The van der Waals surface area contributed by atoms with E-state index in [2.05, 4.69) is 35.4 Å². The Hall–Kier alpha value is -2.25. The van der Waals surface area contributed by atoms with Crippen LogP contribution in [0.15, 0.2) is 18.2 Å². The molecule has 1 unspecified atom stereocenters. The highest BCUT2D eigenvalue weighted by Crippen LogP contribution is 2.30. The number of fused-ring (bicyclic) bond motifs is 1. The van der Waals surface area contributed by atoms with Crippen molar-refractivity contribution in [3.05, 3.63) is 34.9 Å². The summed E-state index contributed by atoms with van der Waals surface area (Å²) < 4.78 is 0. The van der Waals surface area contributed by atoms with Gasteiger partial charge in [0.25, 0.3) is 5.91 Å². The van der Waals surface area contributed by atoms with Crippen molar-refractivity contribution in [3.63, 3.8) is 0 Å². The van der Waals surface area contributed by atoms with Gasteiger partial charge in [-0.05, 0) is 49.5 Å². The van der Waals surface area contributed by atoms with Crippen LogP contribution in [0.2, 0.25) is 0 Å². The summed E-state index contributed by atoms with van der Waals surface area (Å²) in [6, 6.07) is 6.42. The van der Waals surface area contributed by atoms with Gasteiger partial charge in [-0.2, -0.15) is 0 Å². The predicted octanol–water partition coefficient (Wildman–Crippen LogP) is 1.41. The molecule has 7 heteroatoms. The molecular formula is C22H30N4O3. The zero-order valence-corrected chi connectivity index (χ0v) is 17.2. The summed E-state index contributed by atoms with van der Waals surface area (Å²) in [5.74, 6) is -0.716. The smallest absolute Gasteiger partial charge is 0.255 e. The number of hydrogen-bond donors (Lipinski definition) is 2. The van der Waals surface area contributed by atoms with E-state index in [9.17, 15) is 14.4 Å². The zero-order chi connectivity index (χ0) is 20.5. The summed E-state index contributed by atoms with van der Waals surface area (Å²) in [6.07, 6.45) is 2.95. The molecule has 0 saturated carbocycles. The van der Waals surface area contributed by atoms with Crippen molar-refractivity contribution < 1.29 is 14.4 Å². The molecular weight excluding hydrogens is 368 g/mol. The minimum atomic E-state index is -0.557. The number of nitrogens with one attached hydrogen (secondary N) is 2. The highest BCUT2D eigenvalue weighted by Gasteiger charge is 2.39. The minimum absolute atomic E-state index is 0.101. The maximum atomic E-state index is 13.0. The van der Waals surface area contributed by atoms with E-state index in [4.69, 9.17) is 0 Å². The quantitative estimate of drug-likeness (QED) is 0.733. The summed E-state index contributed by atoms with van der Waals surface area (Å²) in [4.78, 5) is 40.7. The monoisotopic (exact) mass is 398 g/mol. The standard InChI is InChI=1S/C22H30N4O3/c1-14(2)23-16-8-10-25(11-9-16)12-15-4-3-5-17-18(15)13-26(22(17)29)19-6-7-20(27)24-21(19)28/h3-5,14,16,19,23H,6-13H2,1-2H3,(H,24,27,28). The van der Waals surface area contributed by atoms with Crippen LogP contribution in [0.1, 0.15) is 61.0 Å². The van der Waals surface area contributed by atoms with Crippen LogP contribution >= 0.6 is 0 Å². The third-order valence-electron chi connectivity index (χ3n) is 6.23. The van der Waals surface area contributed by atoms with Crippen LogP contribution in [0.4, 0.5) is 0 Å². The molecule has 3 aliphatic heterocycles. The Morgan fingerprint density at radius 3 is 2.59 bits per heavy atom. The Morgan fingerprint density at radius 1 is 1.14 bits per heavy atom. The molecule has 29 heavy (non-hydrogen) atoms. The van der Waals surface area contributed by atoms with Crippen LogP contribution < -0.4 is 10.6 Å². The fourth-order valence-corrected chi connectivity index (χ4v) is 4.77. The van der Waals surface area contributed by atoms with Crippen molar-refractivity contribution in [2.75, 3.05) is 13.1 Å². The number of hydrogen-bond acceptors (Lipinski definition) is 5. The third-order valence-corrected chi connectivity index (χ3v) is 6.23. The number of carbonyl (C=O) groups is 3. The highest BCUT2D eigenvalue weighted by molar-refractivity contribution is 6.05. The van der Waals surface area contributed by atoms with Gasteiger partial charge in [0, 0.05) is 37.2 Å². The Kier molecular flexibility index (Phi) is 5.69. The molecule has 4 rings (SSSR count). The molecule has 1 aromatic rings. The zero-order valence-electron chi connectivity index (χ0n) is 17.2. The Balaban J connectivity index is 1.44. The predicted molar refractivity (Wildman–Crippen MR) is 109 cm³/mol. The molecule has 3 heterocycles. The van der Waals surface area contributed by atoms with E-state index >= 15 is 0 Å². The lowest BCUT2D eigenvalue weighted by Gasteiger charge is -2.33. The summed E-state index contributed by atoms with van der Waals surface area (Å²) in [6.45, 7) is 7.73. The SMILES string of the molecule is CC(C)NC1CCN(Cc2cccc3c2CN(C2CCC(=O)NC2=O)C3=O)CC1. The van der Waals surface area contributed by atoms with E-state index in [0.717, 1.165) is 38.0 Å². The fourth-order valence-electron chi connectivity index (χ4n) is 4.77. The second-order valence-corrected chi connectivity index (χ2v) is 8.71. The van der Waals surface area contributed by atoms with E-state index in [1.54, 1.807) is 4.90 Å².